The molecule has 18 heavy (non-hydrogen) atoms. The van der Waals surface area contributed by atoms with Crippen LogP contribution in [0.3, 0.4) is 0 Å². The van der Waals surface area contributed by atoms with E-state index in [1.165, 1.54) is 68.9 Å². The molecule has 0 radical (unpaired) electrons. The largest absolute Gasteiger partial charge is 0.0654 e. The Kier molecular flexibility index (Phi) is 7.80. The number of rotatable bonds is 9. The molecule has 0 amide bonds. The Hall–Kier alpha value is -0.780. The number of hydrogen-bond donors (Lipinski definition) is 0. The molecule has 0 spiro atoms. The number of benzene rings is 1. The molecule has 0 saturated heterocycles. The van der Waals surface area contributed by atoms with E-state index >= 15 is 0 Å². The molecule has 1 rings (SSSR count). The average Bonchev–Trinajstić information content (AvgIpc) is 2.36. The summed E-state index contributed by atoms with van der Waals surface area (Å²) in [7, 11) is 0. The van der Waals surface area contributed by atoms with Crippen molar-refractivity contribution in [1.82, 2.24) is 0 Å². The zero-order valence-electron chi connectivity index (χ0n) is 12.6. The van der Waals surface area contributed by atoms with E-state index in [0.29, 0.717) is 0 Å². The predicted molar refractivity (Wildman–Crippen MR) is 82.2 cm³/mol. The molecule has 0 nitrogen and oxygen atoms in total. The van der Waals surface area contributed by atoms with Gasteiger partial charge >= 0.3 is 0 Å². The van der Waals surface area contributed by atoms with Gasteiger partial charge in [0, 0.05) is 0 Å². The summed E-state index contributed by atoms with van der Waals surface area (Å²) in [6.07, 6.45) is 12.5. The molecule has 0 heteroatoms. The highest BCUT2D eigenvalue weighted by atomic mass is 14.0. The molecule has 0 heterocycles. The normalized spacial score (nSPS) is 10.8. The first-order chi connectivity index (χ1) is 8.74. The van der Waals surface area contributed by atoms with Gasteiger partial charge in [0.25, 0.3) is 0 Å². The molecule has 1 aromatic carbocycles. The standard InChI is InChI=1S/C18H30/c1-4-5-6-7-8-9-10-11-12-18-15-16(2)13-14-17(18)3/h13-15H,4-12H2,1-3H3. The van der Waals surface area contributed by atoms with Crippen LogP contribution in [0.2, 0.25) is 0 Å². The number of unbranched alkanes of at least 4 members (excludes halogenated alkanes) is 7. The second-order valence-electron chi connectivity index (χ2n) is 5.65. The monoisotopic (exact) mass is 246 g/mol. The van der Waals surface area contributed by atoms with Crippen molar-refractivity contribution in [1.29, 1.82) is 0 Å². The van der Waals surface area contributed by atoms with Crippen molar-refractivity contribution < 1.29 is 0 Å². The third kappa shape index (κ3) is 6.23. The van der Waals surface area contributed by atoms with Crippen LogP contribution in [0.15, 0.2) is 18.2 Å². The summed E-state index contributed by atoms with van der Waals surface area (Å²) in [5.41, 5.74) is 4.42. The van der Waals surface area contributed by atoms with Crippen LogP contribution in [0, 0.1) is 13.8 Å². The first kappa shape index (κ1) is 15.3. The van der Waals surface area contributed by atoms with Crippen LogP contribution in [0.1, 0.15) is 75.0 Å². The Morgan fingerprint density at radius 3 is 2.06 bits per heavy atom. The molecular weight excluding hydrogens is 216 g/mol. The zero-order chi connectivity index (χ0) is 13.2. The molecule has 0 unspecified atom stereocenters. The maximum atomic E-state index is 2.36. The second-order valence-corrected chi connectivity index (χ2v) is 5.65. The summed E-state index contributed by atoms with van der Waals surface area (Å²) in [5, 5.41) is 0. The lowest BCUT2D eigenvalue weighted by molar-refractivity contribution is 0.575. The molecule has 0 aromatic heterocycles. The minimum atomic E-state index is 1.27. The zero-order valence-corrected chi connectivity index (χ0v) is 12.6. The fourth-order valence-corrected chi connectivity index (χ4v) is 2.52. The van der Waals surface area contributed by atoms with Gasteiger partial charge in [-0.1, -0.05) is 75.6 Å². The van der Waals surface area contributed by atoms with Crippen molar-refractivity contribution >= 4 is 0 Å². The molecular formula is C18H30. The Labute approximate surface area is 114 Å². The Balaban J connectivity index is 2.09. The van der Waals surface area contributed by atoms with Gasteiger partial charge in [-0.15, -0.1) is 0 Å². The van der Waals surface area contributed by atoms with E-state index in [4.69, 9.17) is 0 Å². The lowest BCUT2D eigenvalue weighted by Gasteiger charge is -2.07. The average molecular weight is 246 g/mol. The van der Waals surface area contributed by atoms with E-state index in [1.54, 1.807) is 5.56 Å². The van der Waals surface area contributed by atoms with Gasteiger partial charge in [0.15, 0.2) is 0 Å². The van der Waals surface area contributed by atoms with Crippen LogP contribution in [0.4, 0.5) is 0 Å². The first-order valence-corrected chi connectivity index (χ1v) is 7.80. The van der Waals surface area contributed by atoms with Crippen molar-refractivity contribution in [2.75, 3.05) is 0 Å². The Morgan fingerprint density at radius 2 is 1.39 bits per heavy atom. The van der Waals surface area contributed by atoms with Gasteiger partial charge in [0.1, 0.15) is 0 Å². The third-order valence-electron chi connectivity index (χ3n) is 3.80. The molecule has 0 aliphatic carbocycles. The van der Waals surface area contributed by atoms with Crippen molar-refractivity contribution in [3.05, 3.63) is 34.9 Å². The van der Waals surface area contributed by atoms with Crippen molar-refractivity contribution in [2.45, 2.75) is 78.6 Å². The fraction of sp³-hybridized carbons (Fsp3) is 0.667. The van der Waals surface area contributed by atoms with Crippen LogP contribution < -0.4 is 0 Å². The topological polar surface area (TPSA) is 0 Å². The summed E-state index contributed by atoms with van der Waals surface area (Å²) in [6.45, 7) is 6.71. The van der Waals surface area contributed by atoms with E-state index < -0.39 is 0 Å². The van der Waals surface area contributed by atoms with E-state index in [0.717, 1.165) is 0 Å². The van der Waals surface area contributed by atoms with E-state index in [9.17, 15) is 0 Å². The lowest BCUT2D eigenvalue weighted by Crippen LogP contribution is -1.91. The van der Waals surface area contributed by atoms with Gasteiger partial charge in [-0.3, -0.25) is 0 Å². The number of aryl methyl sites for hydroxylation is 3. The van der Waals surface area contributed by atoms with Crippen LogP contribution in [-0.2, 0) is 6.42 Å². The fourth-order valence-electron chi connectivity index (χ4n) is 2.52. The van der Waals surface area contributed by atoms with Gasteiger partial charge in [-0.25, -0.2) is 0 Å². The van der Waals surface area contributed by atoms with Crippen LogP contribution in [0.25, 0.3) is 0 Å². The first-order valence-electron chi connectivity index (χ1n) is 7.80. The molecule has 0 bridgehead atoms. The smallest absolute Gasteiger partial charge is 0.0276 e. The minimum absolute atomic E-state index is 1.27. The highest BCUT2D eigenvalue weighted by Crippen LogP contribution is 2.15. The third-order valence-corrected chi connectivity index (χ3v) is 3.80. The van der Waals surface area contributed by atoms with Crippen LogP contribution in [-0.4, -0.2) is 0 Å². The Morgan fingerprint density at radius 1 is 0.778 bits per heavy atom. The van der Waals surface area contributed by atoms with Crippen molar-refractivity contribution in [3.8, 4) is 0 Å². The van der Waals surface area contributed by atoms with E-state index in [1.807, 2.05) is 0 Å². The summed E-state index contributed by atoms with van der Waals surface area (Å²) in [5.74, 6) is 0. The second kappa shape index (κ2) is 9.19. The predicted octanol–water partition coefficient (Wildman–Crippen LogP) is 5.99. The maximum absolute atomic E-state index is 2.36. The van der Waals surface area contributed by atoms with Crippen LogP contribution >= 0.6 is 0 Å². The van der Waals surface area contributed by atoms with Crippen LogP contribution in [0.5, 0.6) is 0 Å². The van der Waals surface area contributed by atoms with Gasteiger partial charge in [0.2, 0.25) is 0 Å². The highest BCUT2D eigenvalue weighted by molar-refractivity contribution is 5.30. The van der Waals surface area contributed by atoms with Gasteiger partial charge in [-0.05, 0) is 37.8 Å². The highest BCUT2D eigenvalue weighted by Gasteiger charge is 1.99. The van der Waals surface area contributed by atoms with E-state index in [-0.39, 0.29) is 0 Å². The molecule has 0 aliphatic rings. The summed E-state index contributed by atoms with van der Waals surface area (Å²) in [4.78, 5) is 0. The van der Waals surface area contributed by atoms with Gasteiger partial charge in [0.05, 0.1) is 0 Å². The Bertz CT molecular complexity index is 325. The molecule has 1 aromatic rings. The van der Waals surface area contributed by atoms with Gasteiger partial charge < -0.3 is 0 Å². The lowest BCUT2D eigenvalue weighted by atomic mass is 9.99. The molecule has 0 atom stereocenters. The summed E-state index contributed by atoms with van der Waals surface area (Å²) < 4.78 is 0. The summed E-state index contributed by atoms with van der Waals surface area (Å²) >= 11 is 0. The quantitative estimate of drug-likeness (QED) is 0.470. The van der Waals surface area contributed by atoms with Crippen molar-refractivity contribution in [3.63, 3.8) is 0 Å². The molecule has 0 saturated carbocycles. The van der Waals surface area contributed by atoms with Crippen molar-refractivity contribution in [2.24, 2.45) is 0 Å². The maximum Gasteiger partial charge on any atom is -0.0276 e. The molecule has 102 valence electrons. The SMILES string of the molecule is CCCCCCCCCCc1cc(C)ccc1C. The molecule has 0 aliphatic heterocycles. The minimum Gasteiger partial charge on any atom is -0.0654 e. The summed E-state index contributed by atoms with van der Waals surface area (Å²) in [6, 6.07) is 6.83. The number of hydrogen-bond acceptors (Lipinski definition) is 0. The molecule has 0 N–H and O–H groups in total. The van der Waals surface area contributed by atoms with E-state index in [2.05, 4.69) is 39.0 Å². The van der Waals surface area contributed by atoms with Gasteiger partial charge in [-0.2, -0.15) is 0 Å². The molecule has 0 fully saturated rings.